The number of unbranched alkanes of at least 4 members (excludes halogenated alkanes) is 1. The molecule has 2 heterocycles. The molecule has 2 atom stereocenters. The van der Waals surface area contributed by atoms with Crippen LogP contribution in [0.15, 0.2) is 45.4 Å². The molecule has 1 aliphatic heterocycles. The van der Waals surface area contributed by atoms with Gasteiger partial charge in [0.05, 0.1) is 30.4 Å². The zero-order valence-corrected chi connectivity index (χ0v) is 16.8. The van der Waals surface area contributed by atoms with E-state index in [-0.39, 0.29) is 6.10 Å². The Morgan fingerprint density at radius 1 is 1.19 bits per heavy atom. The Bertz CT molecular complexity index is 730. The first-order valence-corrected chi connectivity index (χ1v) is 9.45. The second-order valence-corrected chi connectivity index (χ2v) is 6.72. The van der Waals surface area contributed by atoms with Gasteiger partial charge in [-0.1, -0.05) is 26.7 Å². The SMILES string of the molecule is CCCCC(CC)OC(=O)C1=C(C)NC(C)=C(C(=O)OC)C1c1ccco1. The maximum absolute atomic E-state index is 13.1. The molecule has 6 nitrogen and oxygen atoms in total. The molecule has 0 saturated carbocycles. The van der Waals surface area contributed by atoms with E-state index in [9.17, 15) is 9.59 Å². The second kappa shape index (κ2) is 9.44. The lowest BCUT2D eigenvalue weighted by Crippen LogP contribution is -2.33. The summed E-state index contributed by atoms with van der Waals surface area (Å²) in [5.74, 6) is -1.09. The fraction of sp³-hybridized carbons (Fsp3) is 0.524. The number of nitrogens with one attached hydrogen (secondary N) is 1. The van der Waals surface area contributed by atoms with Crippen molar-refractivity contribution in [2.24, 2.45) is 0 Å². The van der Waals surface area contributed by atoms with Crippen LogP contribution in [0.2, 0.25) is 0 Å². The van der Waals surface area contributed by atoms with Crippen molar-refractivity contribution in [1.82, 2.24) is 5.32 Å². The molecule has 148 valence electrons. The van der Waals surface area contributed by atoms with Crippen LogP contribution in [0.1, 0.15) is 65.1 Å². The number of carbonyl (C=O) groups is 2. The van der Waals surface area contributed by atoms with Crippen LogP contribution in [-0.2, 0) is 19.1 Å². The zero-order valence-electron chi connectivity index (χ0n) is 16.8. The monoisotopic (exact) mass is 375 g/mol. The van der Waals surface area contributed by atoms with Gasteiger partial charge < -0.3 is 19.2 Å². The summed E-state index contributed by atoms with van der Waals surface area (Å²) in [6, 6.07) is 3.48. The molecule has 0 saturated heterocycles. The number of esters is 2. The average Bonchev–Trinajstić information content (AvgIpc) is 3.18. The molecule has 0 amide bonds. The van der Waals surface area contributed by atoms with E-state index in [0.29, 0.717) is 28.3 Å². The molecule has 0 radical (unpaired) electrons. The standard InChI is InChI=1S/C21H29NO5/c1-6-8-10-15(7-2)27-21(24)18-14(4)22-13(3)17(20(23)25-5)19(18)16-11-9-12-26-16/h9,11-12,15,19,22H,6-8,10H2,1-5H3. The average molecular weight is 375 g/mol. The third-order valence-electron chi connectivity index (χ3n) is 4.82. The van der Waals surface area contributed by atoms with Gasteiger partial charge in [-0.3, -0.25) is 0 Å². The van der Waals surface area contributed by atoms with Gasteiger partial charge in [0.25, 0.3) is 0 Å². The van der Waals surface area contributed by atoms with E-state index in [1.54, 1.807) is 26.0 Å². The van der Waals surface area contributed by atoms with Gasteiger partial charge >= 0.3 is 11.9 Å². The van der Waals surface area contributed by atoms with Gasteiger partial charge in [0.1, 0.15) is 11.9 Å². The highest BCUT2D eigenvalue weighted by atomic mass is 16.5. The number of hydrogen-bond donors (Lipinski definition) is 1. The van der Waals surface area contributed by atoms with Crippen LogP contribution in [0.25, 0.3) is 0 Å². The molecule has 1 aromatic heterocycles. The molecule has 0 bridgehead atoms. The van der Waals surface area contributed by atoms with Crippen molar-refractivity contribution in [2.75, 3.05) is 7.11 Å². The van der Waals surface area contributed by atoms with Crippen molar-refractivity contribution < 1.29 is 23.5 Å². The van der Waals surface area contributed by atoms with E-state index >= 15 is 0 Å². The fourth-order valence-electron chi connectivity index (χ4n) is 3.38. The fourth-order valence-corrected chi connectivity index (χ4v) is 3.38. The molecular weight excluding hydrogens is 346 g/mol. The van der Waals surface area contributed by atoms with E-state index in [1.165, 1.54) is 13.4 Å². The largest absolute Gasteiger partial charge is 0.468 e. The molecule has 1 aliphatic rings. The van der Waals surface area contributed by atoms with Crippen molar-refractivity contribution >= 4 is 11.9 Å². The van der Waals surface area contributed by atoms with Gasteiger partial charge in [0, 0.05) is 11.4 Å². The maximum Gasteiger partial charge on any atom is 0.337 e. The number of ether oxygens (including phenoxy) is 2. The Morgan fingerprint density at radius 2 is 1.85 bits per heavy atom. The predicted octanol–water partition coefficient (Wildman–Crippen LogP) is 4.20. The van der Waals surface area contributed by atoms with Crippen molar-refractivity contribution in [3.8, 4) is 0 Å². The zero-order chi connectivity index (χ0) is 20.0. The number of methoxy groups -OCH3 is 1. The lowest BCUT2D eigenvalue weighted by Gasteiger charge is -2.29. The molecule has 1 N–H and O–H groups in total. The number of hydrogen-bond acceptors (Lipinski definition) is 6. The van der Waals surface area contributed by atoms with Gasteiger partial charge in [-0.05, 0) is 38.8 Å². The molecule has 6 heteroatoms. The molecule has 27 heavy (non-hydrogen) atoms. The predicted molar refractivity (Wildman–Crippen MR) is 102 cm³/mol. The minimum atomic E-state index is -0.662. The highest BCUT2D eigenvalue weighted by Gasteiger charge is 2.39. The number of allylic oxidation sites excluding steroid dienone is 2. The van der Waals surface area contributed by atoms with Crippen LogP contribution in [-0.4, -0.2) is 25.2 Å². The van der Waals surface area contributed by atoms with E-state index in [0.717, 1.165) is 25.7 Å². The first kappa shape index (κ1) is 20.8. The number of rotatable bonds is 8. The van der Waals surface area contributed by atoms with E-state index < -0.39 is 17.9 Å². The quantitative estimate of drug-likeness (QED) is 0.686. The molecule has 0 spiro atoms. The van der Waals surface area contributed by atoms with Crippen LogP contribution in [0, 0.1) is 0 Å². The third-order valence-corrected chi connectivity index (χ3v) is 4.82. The molecule has 2 unspecified atom stereocenters. The summed E-state index contributed by atoms with van der Waals surface area (Å²) in [4.78, 5) is 25.5. The first-order chi connectivity index (χ1) is 12.9. The Hall–Kier alpha value is -2.50. The topological polar surface area (TPSA) is 77.8 Å². The number of carbonyl (C=O) groups excluding carboxylic acids is 2. The lowest BCUT2D eigenvalue weighted by molar-refractivity contribution is -0.145. The van der Waals surface area contributed by atoms with E-state index in [2.05, 4.69) is 12.2 Å². The lowest BCUT2D eigenvalue weighted by atomic mass is 9.83. The minimum Gasteiger partial charge on any atom is -0.468 e. The van der Waals surface area contributed by atoms with Gasteiger partial charge in [-0.2, -0.15) is 0 Å². The maximum atomic E-state index is 13.1. The summed E-state index contributed by atoms with van der Waals surface area (Å²) >= 11 is 0. The molecule has 2 rings (SSSR count). The van der Waals surface area contributed by atoms with Crippen LogP contribution in [0.3, 0.4) is 0 Å². The molecule has 0 aromatic carbocycles. The molecule has 1 aromatic rings. The summed E-state index contributed by atoms with van der Waals surface area (Å²) in [6.07, 6.45) is 4.98. The van der Waals surface area contributed by atoms with Gasteiger partial charge in [-0.15, -0.1) is 0 Å². The number of dihydropyridines is 1. The molecular formula is C21H29NO5. The molecule has 0 fully saturated rings. The van der Waals surface area contributed by atoms with Gasteiger partial charge in [0.2, 0.25) is 0 Å². The Morgan fingerprint density at radius 3 is 2.37 bits per heavy atom. The molecule has 0 aliphatic carbocycles. The van der Waals surface area contributed by atoms with Crippen LogP contribution < -0.4 is 5.32 Å². The van der Waals surface area contributed by atoms with Crippen LogP contribution in [0.5, 0.6) is 0 Å². The van der Waals surface area contributed by atoms with Crippen molar-refractivity contribution in [3.05, 3.63) is 46.7 Å². The minimum absolute atomic E-state index is 0.149. The Balaban J connectivity index is 2.41. The van der Waals surface area contributed by atoms with Crippen molar-refractivity contribution in [1.29, 1.82) is 0 Å². The number of furan rings is 1. The van der Waals surface area contributed by atoms with Gasteiger partial charge in [0.15, 0.2) is 0 Å². The summed E-state index contributed by atoms with van der Waals surface area (Å²) in [5.41, 5.74) is 2.02. The summed E-state index contributed by atoms with van der Waals surface area (Å²) in [5, 5.41) is 3.12. The normalized spacial score (nSPS) is 18.2. The Kier molecular flexibility index (Phi) is 7.28. The van der Waals surface area contributed by atoms with E-state index in [4.69, 9.17) is 13.9 Å². The highest BCUT2D eigenvalue weighted by molar-refractivity contribution is 5.99. The Labute approximate surface area is 160 Å². The first-order valence-electron chi connectivity index (χ1n) is 9.45. The van der Waals surface area contributed by atoms with Gasteiger partial charge in [-0.25, -0.2) is 9.59 Å². The van der Waals surface area contributed by atoms with Crippen LogP contribution in [0.4, 0.5) is 0 Å². The third kappa shape index (κ3) is 4.62. The highest BCUT2D eigenvalue weighted by Crippen LogP contribution is 2.39. The van der Waals surface area contributed by atoms with E-state index in [1.807, 2.05) is 6.92 Å². The van der Waals surface area contributed by atoms with Crippen molar-refractivity contribution in [2.45, 2.75) is 65.4 Å². The smallest absolute Gasteiger partial charge is 0.337 e. The summed E-state index contributed by atoms with van der Waals surface area (Å²) in [7, 11) is 1.32. The summed E-state index contributed by atoms with van der Waals surface area (Å²) in [6.45, 7) is 7.69. The second-order valence-electron chi connectivity index (χ2n) is 6.72. The summed E-state index contributed by atoms with van der Waals surface area (Å²) < 4.78 is 16.3. The van der Waals surface area contributed by atoms with Crippen LogP contribution >= 0.6 is 0 Å². The van der Waals surface area contributed by atoms with Crippen molar-refractivity contribution in [3.63, 3.8) is 0 Å².